The Morgan fingerprint density at radius 3 is 2.69 bits per heavy atom. The van der Waals surface area contributed by atoms with Crippen molar-refractivity contribution in [3.8, 4) is 0 Å². The topological polar surface area (TPSA) is 98.4 Å². The molecule has 29 heavy (non-hydrogen) atoms. The summed E-state index contributed by atoms with van der Waals surface area (Å²) in [6.07, 6.45) is 5.50. The van der Waals surface area contributed by atoms with Crippen molar-refractivity contribution >= 4 is 33.5 Å². The third kappa shape index (κ3) is 4.59. The molecule has 0 spiro atoms. The van der Waals surface area contributed by atoms with E-state index >= 15 is 0 Å². The van der Waals surface area contributed by atoms with E-state index in [1.54, 1.807) is 18.0 Å². The molecule has 2 fully saturated rings. The lowest BCUT2D eigenvalue weighted by Crippen LogP contribution is -2.37. The minimum absolute atomic E-state index is 0.134. The molecule has 0 bridgehead atoms. The van der Waals surface area contributed by atoms with Gasteiger partial charge in [0.1, 0.15) is 16.4 Å². The molecule has 2 aliphatic heterocycles. The van der Waals surface area contributed by atoms with Gasteiger partial charge in [0, 0.05) is 56.6 Å². The van der Waals surface area contributed by atoms with Crippen LogP contribution in [0.15, 0.2) is 35.5 Å². The van der Waals surface area contributed by atoms with Crippen LogP contribution in [0.4, 0.5) is 5.82 Å². The fourth-order valence-electron chi connectivity index (χ4n) is 3.56. The van der Waals surface area contributed by atoms with E-state index in [4.69, 9.17) is 0 Å². The van der Waals surface area contributed by atoms with Crippen LogP contribution in [0.25, 0.3) is 0 Å². The van der Waals surface area contributed by atoms with Crippen LogP contribution < -0.4 is 10.2 Å². The monoisotopic (exact) mass is 435 g/mol. The third-order valence-electron chi connectivity index (χ3n) is 5.20. The first-order valence-electron chi connectivity index (χ1n) is 9.78. The lowest BCUT2D eigenvalue weighted by Gasteiger charge is -2.24. The molecule has 2 saturated heterocycles. The number of H-pyrrole nitrogens is 1. The Hall–Kier alpha value is -2.04. The number of thioether (sulfide) groups is 1. The van der Waals surface area contributed by atoms with Gasteiger partial charge in [0.05, 0.1) is 0 Å². The van der Waals surface area contributed by atoms with Gasteiger partial charge in [-0.1, -0.05) is 0 Å². The second kappa shape index (κ2) is 8.76. The van der Waals surface area contributed by atoms with Crippen LogP contribution in [-0.4, -0.2) is 66.3 Å². The predicted octanol–water partition coefficient (Wildman–Crippen LogP) is 1.68. The molecule has 2 N–H and O–H groups in total. The summed E-state index contributed by atoms with van der Waals surface area (Å²) in [5.41, 5.74) is 1.20. The van der Waals surface area contributed by atoms with Crippen molar-refractivity contribution in [2.45, 2.75) is 24.3 Å². The average molecular weight is 436 g/mol. The smallest absolute Gasteiger partial charge is 0.268 e. The van der Waals surface area contributed by atoms with E-state index in [0.29, 0.717) is 19.6 Å². The van der Waals surface area contributed by atoms with E-state index in [2.05, 4.69) is 20.2 Å². The quantitative estimate of drug-likeness (QED) is 0.716. The Morgan fingerprint density at radius 2 is 1.93 bits per heavy atom. The van der Waals surface area contributed by atoms with E-state index in [0.717, 1.165) is 36.0 Å². The number of pyridine rings is 1. The van der Waals surface area contributed by atoms with Crippen molar-refractivity contribution in [2.24, 2.45) is 0 Å². The Labute approximate surface area is 175 Å². The molecule has 2 aromatic rings. The number of aromatic amines is 1. The van der Waals surface area contributed by atoms with Gasteiger partial charge < -0.3 is 15.2 Å². The highest BCUT2D eigenvalue weighted by Gasteiger charge is 2.27. The minimum atomic E-state index is -3.56. The molecule has 4 heterocycles. The SMILES string of the molecule is O=C(NCc1ccnc(N2CCCC2)c1)c1cc(S(=O)(=O)N2CCSCC2)c[nH]1. The molecule has 2 aromatic heterocycles. The van der Waals surface area contributed by atoms with Crippen molar-refractivity contribution in [2.75, 3.05) is 42.6 Å². The van der Waals surface area contributed by atoms with Crippen LogP contribution in [-0.2, 0) is 16.6 Å². The minimum Gasteiger partial charge on any atom is -0.357 e. The number of hydrogen-bond acceptors (Lipinski definition) is 6. The normalized spacial score (nSPS) is 18.1. The van der Waals surface area contributed by atoms with E-state index in [1.807, 2.05) is 12.1 Å². The highest BCUT2D eigenvalue weighted by molar-refractivity contribution is 7.99. The first-order chi connectivity index (χ1) is 14.0. The van der Waals surface area contributed by atoms with Gasteiger partial charge in [-0.15, -0.1) is 0 Å². The van der Waals surface area contributed by atoms with Gasteiger partial charge in [0.2, 0.25) is 10.0 Å². The van der Waals surface area contributed by atoms with Crippen LogP contribution >= 0.6 is 11.8 Å². The summed E-state index contributed by atoms with van der Waals surface area (Å²) < 4.78 is 26.9. The summed E-state index contributed by atoms with van der Waals surface area (Å²) in [6, 6.07) is 5.28. The third-order valence-corrected chi connectivity index (χ3v) is 8.02. The number of nitrogens with one attached hydrogen (secondary N) is 2. The fourth-order valence-corrected chi connectivity index (χ4v) is 6.13. The highest BCUT2D eigenvalue weighted by atomic mass is 32.2. The fraction of sp³-hybridized carbons (Fsp3) is 0.474. The summed E-state index contributed by atoms with van der Waals surface area (Å²) in [6.45, 7) is 3.38. The maximum atomic E-state index is 12.7. The maximum absolute atomic E-state index is 12.7. The van der Waals surface area contributed by atoms with Gasteiger partial charge in [0.25, 0.3) is 5.91 Å². The molecule has 0 radical (unpaired) electrons. The first-order valence-corrected chi connectivity index (χ1v) is 12.4. The van der Waals surface area contributed by atoms with E-state index in [9.17, 15) is 13.2 Å². The standard InChI is InChI=1S/C19H25N5O3S2/c25-19(22-13-15-3-4-20-18(11-15)23-5-1-2-6-23)17-12-16(14-21-17)29(26,27)24-7-9-28-10-8-24/h3-4,11-12,14,21H,1-2,5-10,13H2,(H,22,25). The van der Waals surface area contributed by atoms with Crippen molar-refractivity contribution in [3.63, 3.8) is 0 Å². The molecule has 0 atom stereocenters. The molecule has 0 saturated carbocycles. The van der Waals surface area contributed by atoms with Crippen molar-refractivity contribution < 1.29 is 13.2 Å². The van der Waals surface area contributed by atoms with E-state index < -0.39 is 10.0 Å². The zero-order valence-corrected chi connectivity index (χ0v) is 17.8. The Balaban J connectivity index is 1.39. The number of rotatable bonds is 6. The van der Waals surface area contributed by atoms with Gasteiger partial charge in [-0.05, 0) is 36.6 Å². The van der Waals surface area contributed by atoms with Gasteiger partial charge in [-0.2, -0.15) is 16.1 Å². The van der Waals surface area contributed by atoms with Crippen LogP contribution in [0.5, 0.6) is 0 Å². The molecule has 0 aliphatic carbocycles. The summed E-state index contributed by atoms with van der Waals surface area (Å²) in [5.74, 6) is 2.19. The average Bonchev–Trinajstić information content (AvgIpc) is 3.45. The molecule has 0 aromatic carbocycles. The number of sulfonamides is 1. The van der Waals surface area contributed by atoms with Crippen molar-refractivity contribution in [1.29, 1.82) is 0 Å². The van der Waals surface area contributed by atoms with Gasteiger partial charge >= 0.3 is 0 Å². The summed E-state index contributed by atoms with van der Waals surface area (Å²) in [7, 11) is -3.56. The lowest BCUT2D eigenvalue weighted by atomic mass is 10.2. The summed E-state index contributed by atoms with van der Waals surface area (Å²) in [5, 5.41) is 2.85. The van der Waals surface area contributed by atoms with Crippen LogP contribution in [0.1, 0.15) is 28.9 Å². The molecular formula is C19H25N5O3S2. The molecule has 2 aliphatic rings. The molecule has 8 nitrogen and oxygen atoms in total. The van der Waals surface area contributed by atoms with Crippen LogP contribution in [0, 0.1) is 0 Å². The van der Waals surface area contributed by atoms with E-state index in [-0.39, 0.29) is 16.5 Å². The van der Waals surface area contributed by atoms with Gasteiger partial charge in [-0.25, -0.2) is 13.4 Å². The molecular weight excluding hydrogens is 410 g/mol. The molecule has 10 heteroatoms. The second-order valence-corrected chi connectivity index (χ2v) is 10.3. The van der Waals surface area contributed by atoms with Crippen molar-refractivity contribution in [1.82, 2.24) is 19.6 Å². The lowest BCUT2D eigenvalue weighted by molar-refractivity contribution is 0.0946. The van der Waals surface area contributed by atoms with Crippen molar-refractivity contribution in [3.05, 3.63) is 41.9 Å². The largest absolute Gasteiger partial charge is 0.357 e. The molecule has 1 amide bonds. The zero-order chi connectivity index (χ0) is 20.3. The van der Waals surface area contributed by atoms with Crippen LogP contribution in [0.3, 0.4) is 0 Å². The summed E-state index contributed by atoms with van der Waals surface area (Å²) >= 11 is 1.75. The number of hydrogen-bond donors (Lipinski definition) is 2. The van der Waals surface area contributed by atoms with E-state index in [1.165, 1.54) is 29.4 Å². The number of nitrogens with zero attached hydrogens (tertiary/aromatic N) is 3. The number of aromatic nitrogens is 2. The zero-order valence-electron chi connectivity index (χ0n) is 16.1. The Kier molecular flexibility index (Phi) is 6.12. The molecule has 0 unspecified atom stereocenters. The van der Waals surface area contributed by atoms with Gasteiger partial charge in [-0.3, -0.25) is 4.79 Å². The first kappa shape index (κ1) is 20.2. The number of anilines is 1. The number of amides is 1. The number of carbonyl (C=O) groups is 1. The van der Waals surface area contributed by atoms with Gasteiger partial charge in [0.15, 0.2) is 0 Å². The molecule has 156 valence electrons. The highest BCUT2D eigenvalue weighted by Crippen LogP contribution is 2.21. The Morgan fingerprint density at radius 1 is 1.17 bits per heavy atom. The second-order valence-electron chi connectivity index (χ2n) is 7.16. The number of carbonyl (C=O) groups excluding carboxylic acids is 1. The van der Waals surface area contributed by atoms with Crippen LogP contribution in [0.2, 0.25) is 0 Å². The maximum Gasteiger partial charge on any atom is 0.268 e. The Bertz CT molecular complexity index is 964. The molecule has 4 rings (SSSR count). The summed E-state index contributed by atoms with van der Waals surface area (Å²) in [4.78, 5) is 22.1. The predicted molar refractivity (Wildman–Crippen MR) is 114 cm³/mol.